The summed E-state index contributed by atoms with van der Waals surface area (Å²) in [7, 11) is 0. The van der Waals surface area contributed by atoms with Crippen LogP contribution in [0, 0.1) is 22.7 Å². The molecule has 4 aliphatic carbocycles. The zero-order valence-corrected chi connectivity index (χ0v) is 18.5. The first-order chi connectivity index (χ1) is 14.2. The monoisotopic (exact) mass is 414 g/mol. The van der Waals surface area contributed by atoms with Gasteiger partial charge in [0.15, 0.2) is 11.4 Å². The lowest BCUT2D eigenvalue weighted by Crippen LogP contribution is -2.57. The normalized spacial score (nSPS) is 39.9. The second kappa shape index (κ2) is 7.44. The average molecular weight is 415 g/mol. The topological polar surface area (TPSA) is 80.7 Å². The Morgan fingerprint density at radius 3 is 2.67 bits per heavy atom. The number of Topliss-reactive ketones (excluding diaryl/α,β-unsaturated/α-hetero) is 1. The van der Waals surface area contributed by atoms with Crippen molar-refractivity contribution in [2.75, 3.05) is 6.61 Å². The van der Waals surface area contributed by atoms with Crippen molar-refractivity contribution in [3.8, 4) is 0 Å². The van der Waals surface area contributed by atoms with Crippen LogP contribution in [0.25, 0.3) is 0 Å². The number of hydrogen-bond donors (Lipinski definition) is 1. The molecule has 0 saturated heterocycles. The lowest BCUT2D eigenvalue weighted by molar-refractivity contribution is -0.184. The maximum Gasteiger partial charge on any atom is 0.306 e. The number of rotatable bonds is 5. The van der Waals surface area contributed by atoms with Crippen molar-refractivity contribution in [1.29, 1.82) is 0 Å². The van der Waals surface area contributed by atoms with Gasteiger partial charge in [-0.15, -0.1) is 0 Å². The summed E-state index contributed by atoms with van der Waals surface area (Å²) in [6.45, 7) is 5.67. The van der Waals surface area contributed by atoms with Crippen molar-refractivity contribution in [3.05, 3.63) is 23.3 Å². The van der Waals surface area contributed by atoms with Gasteiger partial charge in [0.1, 0.15) is 6.61 Å². The number of carbonyl (C=O) groups is 3. The van der Waals surface area contributed by atoms with Gasteiger partial charge >= 0.3 is 5.97 Å². The van der Waals surface area contributed by atoms with E-state index in [-0.39, 0.29) is 35.3 Å². The van der Waals surface area contributed by atoms with Gasteiger partial charge in [-0.3, -0.25) is 14.4 Å². The fourth-order valence-electron chi connectivity index (χ4n) is 7.11. The first-order valence-corrected chi connectivity index (χ1v) is 11.5. The van der Waals surface area contributed by atoms with E-state index in [1.54, 1.807) is 0 Å². The fourth-order valence-corrected chi connectivity index (χ4v) is 7.11. The second-order valence-corrected chi connectivity index (χ2v) is 10.2. The molecule has 5 nitrogen and oxygen atoms in total. The van der Waals surface area contributed by atoms with Crippen LogP contribution < -0.4 is 0 Å². The highest BCUT2D eigenvalue weighted by Crippen LogP contribution is 2.66. The van der Waals surface area contributed by atoms with Gasteiger partial charge in [0.25, 0.3) is 0 Å². The summed E-state index contributed by atoms with van der Waals surface area (Å²) in [4.78, 5) is 37.5. The maximum absolute atomic E-state index is 13.0. The van der Waals surface area contributed by atoms with Crippen LogP contribution in [0.5, 0.6) is 0 Å². The van der Waals surface area contributed by atoms with E-state index < -0.39 is 17.6 Å². The third-order valence-electron chi connectivity index (χ3n) is 8.79. The van der Waals surface area contributed by atoms with Crippen molar-refractivity contribution in [3.63, 3.8) is 0 Å². The summed E-state index contributed by atoms with van der Waals surface area (Å²) < 4.78 is 5.96. The minimum atomic E-state index is -1.24. The summed E-state index contributed by atoms with van der Waals surface area (Å²) in [6, 6.07) is 0. The summed E-state index contributed by atoms with van der Waals surface area (Å²) >= 11 is 0. The van der Waals surface area contributed by atoms with E-state index in [0.29, 0.717) is 31.6 Å². The lowest BCUT2D eigenvalue weighted by Gasteiger charge is -2.55. The number of allylic oxidation sites excluding steroid dienone is 4. The Kier molecular flexibility index (Phi) is 5.32. The Balaban J connectivity index is 1.74. The number of aliphatic hydroxyl groups is 1. The maximum atomic E-state index is 13.0. The van der Waals surface area contributed by atoms with Crippen molar-refractivity contribution < 1.29 is 24.2 Å². The Bertz CT molecular complexity index is 838. The summed E-state index contributed by atoms with van der Waals surface area (Å²) in [5, 5.41) is 9.76. The smallest absolute Gasteiger partial charge is 0.306 e. The van der Waals surface area contributed by atoms with Crippen LogP contribution >= 0.6 is 0 Å². The molecule has 0 amide bonds. The molecule has 1 N–H and O–H groups in total. The Labute approximate surface area is 178 Å². The van der Waals surface area contributed by atoms with E-state index in [0.717, 1.165) is 25.7 Å². The molecule has 2 saturated carbocycles. The SMILES string of the molecule is CCCC(=O)O[C@]1(C(=O)CO)CCC2C3CCC4=CC(=O)CC[C@]4(C)C3=CC[C@@]21C. The number of ketones is 2. The Morgan fingerprint density at radius 2 is 1.97 bits per heavy atom. The second-order valence-electron chi connectivity index (χ2n) is 10.2. The number of ether oxygens (including phenoxy) is 1. The highest BCUT2D eigenvalue weighted by molar-refractivity contribution is 5.93. The average Bonchev–Trinajstić information content (AvgIpc) is 3.01. The molecule has 0 aromatic carbocycles. The lowest BCUT2D eigenvalue weighted by atomic mass is 9.50. The highest BCUT2D eigenvalue weighted by atomic mass is 16.6. The standard InChI is InChI=1S/C25H34O5/c1-4-5-22(29)30-25(21(28)15-26)13-10-20-18-7-6-16-14-17(27)8-11-23(16,2)19(18)9-12-24(20,25)3/h9,14,18,20,26H,4-8,10-13,15H2,1-3H3/t18?,20?,23-,24-,25-/m0/s1. The molecule has 0 aromatic heterocycles. The van der Waals surface area contributed by atoms with Crippen molar-refractivity contribution in [1.82, 2.24) is 0 Å². The number of hydrogen-bond acceptors (Lipinski definition) is 5. The van der Waals surface area contributed by atoms with Crippen molar-refractivity contribution in [2.24, 2.45) is 22.7 Å². The molecule has 0 bridgehead atoms. The molecule has 30 heavy (non-hydrogen) atoms. The fraction of sp³-hybridized carbons (Fsp3) is 0.720. The van der Waals surface area contributed by atoms with Crippen LogP contribution in [0.4, 0.5) is 0 Å². The first kappa shape index (κ1) is 21.5. The highest BCUT2D eigenvalue weighted by Gasteiger charge is 2.66. The van der Waals surface area contributed by atoms with E-state index in [2.05, 4.69) is 19.9 Å². The molecule has 0 radical (unpaired) electrons. The van der Waals surface area contributed by atoms with Gasteiger partial charge < -0.3 is 9.84 Å². The molecular weight excluding hydrogens is 380 g/mol. The Hall–Kier alpha value is -1.75. The van der Waals surface area contributed by atoms with Gasteiger partial charge in [-0.1, -0.05) is 38.0 Å². The predicted octanol–water partition coefficient (Wildman–Crippen LogP) is 4.08. The number of aliphatic hydroxyl groups excluding tert-OH is 1. The quantitative estimate of drug-likeness (QED) is 0.541. The van der Waals surface area contributed by atoms with Crippen LogP contribution in [0.2, 0.25) is 0 Å². The molecule has 4 rings (SSSR count). The molecule has 164 valence electrons. The minimum Gasteiger partial charge on any atom is -0.450 e. The van der Waals surface area contributed by atoms with E-state index >= 15 is 0 Å². The third kappa shape index (κ3) is 2.88. The zero-order chi connectivity index (χ0) is 21.7. The Morgan fingerprint density at radius 1 is 1.20 bits per heavy atom. The molecule has 0 spiro atoms. The molecule has 5 atom stereocenters. The van der Waals surface area contributed by atoms with E-state index in [1.807, 2.05) is 13.0 Å². The number of fused-ring (bicyclic) bond motifs is 5. The molecule has 2 unspecified atom stereocenters. The van der Waals surface area contributed by atoms with Gasteiger partial charge in [0.2, 0.25) is 5.78 Å². The number of carbonyl (C=O) groups excluding carboxylic acids is 3. The summed E-state index contributed by atoms with van der Waals surface area (Å²) in [5.41, 5.74) is 0.868. The van der Waals surface area contributed by atoms with Crippen molar-refractivity contribution >= 4 is 17.5 Å². The molecule has 0 aliphatic heterocycles. The molecule has 4 aliphatic rings. The minimum absolute atomic E-state index is 0.0662. The van der Waals surface area contributed by atoms with Crippen molar-refractivity contribution in [2.45, 2.75) is 84.2 Å². The molecule has 0 aromatic rings. The largest absolute Gasteiger partial charge is 0.450 e. The van der Waals surface area contributed by atoms with E-state index in [4.69, 9.17) is 4.74 Å². The summed E-state index contributed by atoms with van der Waals surface area (Å²) in [6.07, 6.45) is 10.4. The van der Waals surface area contributed by atoms with Crippen LogP contribution in [-0.2, 0) is 19.1 Å². The molecular formula is C25H34O5. The van der Waals surface area contributed by atoms with E-state index in [9.17, 15) is 19.5 Å². The van der Waals surface area contributed by atoms with Crippen LogP contribution in [0.1, 0.15) is 78.6 Å². The zero-order valence-electron chi connectivity index (χ0n) is 18.5. The third-order valence-corrected chi connectivity index (χ3v) is 8.79. The predicted molar refractivity (Wildman–Crippen MR) is 113 cm³/mol. The van der Waals surface area contributed by atoms with Gasteiger partial charge in [-0.05, 0) is 62.9 Å². The first-order valence-electron chi connectivity index (χ1n) is 11.5. The van der Waals surface area contributed by atoms with Crippen LogP contribution in [-0.4, -0.2) is 34.9 Å². The number of esters is 1. The summed E-state index contributed by atoms with van der Waals surface area (Å²) in [5.74, 6) is 0.0939. The van der Waals surface area contributed by atoms with Gasteiger partial charge in [-0.2, -0.15) is 0 Å². The van der Waals surface area contributed by atoms with Gasteiger partial charge in [0.05, 0.1) is 0 Å². The van der Waals surface area contributed by atoms with Crippen LogP contribution in [0.15, 0.2) is 23.3 Å². The van der Waals surface area contributed by atoms with E-state index in [1.165, 1.54) is 11.1 Å². The molecule has 0 heterocycles. The van der Waals surface area contributed by atoms with Gasteiger partial charge in [-0.25, -0.2) is 0 Å². The van der Waals surface area contributed by atoms with Crippen LogP contribution in [0.3, 0.4) is 0 Å². The molecule has 2 fully saturated rings. The van der Waals surface area contributed by atoms with Gasteiger partial charge in [0, 0.05) is 23.7 Å². The molecule has 5 heteroatoms.